The third-order valence-corrected chi connectivity index (χ3v) is 3.11. The zero-order valence-corrected chi connectivity index (χ0v) is 11.5. The number of rotatable bonds is 3. The van der Waals surface area contributed by atoms with Gasteiger partial charge in [-0.1, -0.05) is 6.07 Å². The van der Waals surface area contributed by atoms with E-state index in [0.717, 1.165) is 11.4 Å². The van der Waals surface area contributed by atoms with Crippen LogP contribution < -0.4 is 11.1 Å². The van der Waals surface area contributed by atoms with Gasteiger partial charge in [0, 0.05) is 18.9 Å². The molecule has 0 aliphatic rings. The number of hydrogen-bond acceptors (Lipinski definition) is 2. The summed E-state index contributed by atoms with van der Waals surface area (Å²) in [6, 6.07) is 8.04. The number of aryl methyl sites for hydroxylation is 3. The van der Waals surface area contributed by atoms with E-state index in [1.54, 1.807) is 10.9 Å². The van der Waals surface area contributed by atoms with E-state index in [0.29, 0.717) is 12.5 Å². The van der Waals surface area contributed by atoms with E-state index in [1.807, 2.05) is 19.2 Å². The fourth-order valence-electron chi connectivity index (χ4n) is 1.73. The first-order valence-electron chi connectivity index (χ1n) is 6.17. The summed E-state index contributed by atoms with van der Waals surface area (Å²) >= 11 is 0. The van der Waals surface area contributed by atoms with Crippen molar-refractivity contribution in [2.45, 2.75) is 20.4 Å². The monoisotopic (exact) mass is 257 g/mol. The summed E-state index contributed by atoms with van der Waals surface area (Å²) in [5, 5.41) is 7.18. The van der Waals surface area contributed by atoms with E-state index in [2.05, 4.69) is 41.4 Å². The van der Waals surface area contributed by atoms with E-state index in [1.165, 1.54) is 11.1 Å². The molecule has 2 aromatic rings. The van der Waals surface area contributed by atoms with Crippen molar-refractivity contribution in [3.05, 3.63) is 47.3 Å². The van der Waals surface area contributed by atoms with Gasteiger partial charge >= 0.3 is 0 Å². The predicted molar refractivity (Wildman–Crippen MR) is 78.1 cm³/mol. The summed E-state index contributed by atoms with van der Waals surface area (Å²) in [6.07, 6.45) is 1.75. The van der Waals surface area contributed by atoms with Crippen molar-refractivity contribution in [3.63, 3.8) is 0 Å². The molecular formula is C14H19N5. The Morgan fingerprint density at radius 3 is 2.74 bits per heavy atom. The summed E-state index contributed by atoms with van der Waals surface area (Å²) in [5.74, 6) is 0.407. The third-order valence-electron chi connectivity index (χ3n) is 3.11. The number of aliphatic imine (C=N–C) groups is 1. The SMILES string of the molecule is Cc1ccc(NC(N)=NCc2ccnn2C)cc1C. The van der Waals surface area contributed by atoms with Crippen molar-refractivity contribution in [1.82, 2.24) is 9.78 Å². The van der Waals surface area contributed by atoms with Gasteiger partial charge in [0.05, 0.1) is 12.2 Å². The number of aromatic nitrogens is 2. The lowest BCUT2D eigenvalue weighted by molar-refractivity contribution is 0.712. The maximum Gasteiger partial charge on any atom is 0.193 e. The van der Waals surface area contributed by atoms with Crippen molar-refractivity contribution in [1.29, 1.82) is 0 Å². The molecule has 100 valence electrons. The number of nitrogens with one attached hydrogen (secondary N) is 1. The Morgan fingerprint density at radius 2 is 2.11 bits per heavy atom. The summed E-state index contributed by atoms with van der Waals surface area (Å²) in [4.78, 5) is 4.30. The summed E-state index contributed by atoms with van der Waals surface area (Å²) in [6.45, 7) is 4.67. The van der Waals surface area contributed by atoms with Crippen molar-refractivity contribution in [2.75, 3.05) is 5.32 Å². The lowest BCUT2D eigenvalue weighted by atomic mass is 10.1. The molecule has 0 amide bonds. The van der Waals surface area contributed by atoms with Crippen LogP contribution in [0, 0.1) is 13.8 Å². The molecule has 5 heteroatoms. The molecule has 0 spiro atoms. The highest BCUT2D eigenvalue weighted by molar-refractivity contribution is 5.92. The number of hydrogen-bond donors (Lipinski definition) is 2. The molecule has 3 N–H and O–H groups in total. The molecule has 0 unspecified atom stereocenters. The minimum Gasteiger partial charge on any atom is -0.370 e. The standard InChI is InChI=1S/C14H19N5/c1-10-4-5-12(8-11(10)2)18-14(15)16-9-13-6-7-17-19(13)3/h4-8H,9H2,1-3H3,(H3,15,16,18). The van der Waals surface area contributed by atoms with Gasteiger partial charge in [-0.05, 0) is 43.2 Å². The Bertz CT molecular complexity index is 598. The van der Waals surface area contributed by atoms with Crippen LogP contribution in [0.3, 0.4) is 0 Å². The highest BCUT2D eigenvalue weighted by Crippen LogP contribution is 2.13. The molecule has 0 fully saturated rings. The average molecular weight is 257 g/mol. The molecule has 0 atom stereocenters. The van der Waals surface area contributed by atoms with Gasteiger partial charge in [-0.2, -0.15) is 5.10 Å². The van der Waals surface area contributed by atoms with Gasteiger partial charge in [-0.25, -0.2) is 4.99 Å². The van der Waals surface area contributed by atoms with Crippen LogP contribution in [-0.4, -0.2) is 15.7 Å². The number of guanidine groups is 1. The average Bonchev–Trinajstić information content (AvgIpc) is 2.77. The molecule has 1 aromatic carbocycles. The highest BCUT2D eigenvalue weighted by atomic mass is 15.3. The Labute approximate surface area is 113 Å². The molecule has 5 nitrogen and oxygen atoms in total. The van der Waals surface area contributed by atoms with Crippen LogP contribution >= 0.6 is 0 Å². The Hall–Kier alpha value is -2.30. The number of nitrogens with two attached hydrogens (primary N) is 1. The second-order valence-corrected chi connectivity index (χ2v) is 4.57. The maximum atomic E-state index is 5.87. The molecule has 0 aliphatic heterocycles. The molecule has 1 heterocycles. The first-order valence-corrected chi connectivity index (χ1v) is 6.17. The summed E-state index contributed by atoms with van der Waals surface area (Å²) in [7, 11) is 1.89. The lowest BCUT2D eigenvalue weighted by Crippen LogP contribution is -2.22. The number of benzene rings is 1. The second kappa shape index (κ2) is 5.56. The van der Waals surface area contributed by atoms with Gasteiger partial charge in [-0.15, -0.1) is 0 Å². The van der Waals surface area contributed by atoms with Crippen LogP contribution in [0.4, 0.5) is 5.69 Å². The van der Waals surface area contributed by atoms with Crippen LogP contribution in [0.2, 0.25) is 0 Å². The predicted octanol–water partition coefficient (Wildman–Crippen LogP) is 1.96. The fourth-order valence-corrected chi connectivity index (χ4v) is 1.73. The minimum absolute atomic E-state index is 0.407. The Kier molecular flexibility index (Phi) is 3.85. The fraction of sp³-hybridized carbons (Fsp3) is 0.286. The molecule has 1 aromatic heterocycles. The second-order valence-electron chi connectivity index (χ2n) is 4.57. The first-order chi connectivity index (χ1) is 9.06. The van der Waals surface area contributed by atoms with Gasteiger partial charge < -0.3 is 11.1 Å². The number of nitrogens with zero attached hydrogens (tertiary/aromatic N) is 3. The zero-order chi connectivity index (χ0) is 13.8. The van der Waals surface area contributed by atoms with Crippen LogP contribution in [0.1, 0.15) is 16.8 Å². The molecule has 19 heavy (non-hydrogen) atoms. The normalized spacial score (nSPS) is 11.6. The first kappa shape index (κ1) is 13.1. The number of anilines is 1. The van der Waals surface area contributed by atoms with E-state index < -0.39 is 0 Å². The van der Waals surface area contributed by atoms with Crippen molar-refractivity contribution in [2.24, 2.45) is 17.8 Å². The quantitative estimate of drug-likeness (QED) is 0.652. The minimum atomic E-state index is 0.407. The van der Waals surface area contributed by atoms with Crippen molar-refractivity contribution in [3.8, 4) is 0 Å². The third kappa shape index (κ3) is 3.34. The van der Waals surface area contributed by atoms with Crippen molar-refractivity contribution < 1.29 is 0 Å². The smallest absolute Gasteiger partial charge is 0.193 e. The molecular weight excluding hydrogens is 238 g/mol. The van der Waals surface area contributed by atoms with Gasteiger partial charge in [0.2, 0.25) is 0 Å². The van der Waals surface area contributed by atoms with E-state index in [9.17, 15) is 0 Å². The van der Waals surface area contributed by atoms with Crippen LogP contribution in [-0.2, 0) is 13.6 Å². The van der Waals surface area contributed by atoms with Gasteiger partial charge in [-0.3, -0.25) is 4.68 Å². The van der Waals surface area contributed by atoms with Crippen molar-refractivity contribution >= 4 is 11.6 Å². The van der Waals surface area contributed by atoms with E-state index in [-0.39, 0.29) is 0 Å². The molecule has 0 saturated carbocycles. The van der Waals surface area contributed by atoms with Crippen LogP contribution in [0.25, 0.3) is 0 Å². The summed E-state index contributed by atoms with van der Waals surface area (Å²) < 4.78 is 1.78. The van der Waals surface area contributed by atoms with E-state index >= 15 is 0 Å². The largest absolute Gasteiger partial charge is 0.370 e. The van der Waals surface area contributed by atoms with Gasteiger partial charge in [0.15, 0.2) is 5.96 Å². The Morgan fingerprint density at radius 1 is 1.32 bits per heavy atom. The molecule has 0 radical (unpaired) electrons. The van der Waals surface area contributed by atoms with Crippen LogP contribution in [0.5, 0.6) is 0 Å². The molecule has 2 rings (SSSR count). The lowest BCUT2D eigenvalue weighted by Gasteiger charge is -2.08. The summed E-state index contributed by atoms with van der Waals surface area (Å²) in [5.41, 5.74) is 10.3. The van der Waals surface area contributed by atoms with E-state index in [4.69, 9.17) is 5.73 Å². The van der Waals surface area contributed by atoms with Gasteiger partial charge in [0.1, 0.15) is 0 Å². The van der Waals surface area contributed by atoms with Gasteiger partial charge in [0.25, 0.3) is 0 Å². The molecule has 0 aliphatic carbocycles. The Balaban J connectivity index is 2.02. The zero-order valence-electron chi connectivity index (χ0n) is 11.5. The molecule has 0 bridgehead atoms. The molecule has 0 saturated heterocycles. The maximum absolute atomic E-state index is 5.87. The topological polar surface area (TPSA) is 68.2 Å². The highest BCUT2D eigenvalue weighted by Gasteiger charge is 2.00. The van der Waals surface area contributed by atoms with Crippen LogP contribution in [0.15, 0.2) is 35.5 Å².